The largest absolute Gasteiger partial charge is 0.432 e. The van der Waals surface area contributed by atoms with Crippen LogP contribution in [0.5, 0.6) is 11.5 Å². The molecular weight excluding hydrogens is 582 g/mol. The predicted octanol–water partition coefficient (Wildman–Crippen LogP) is 10.5. The maximum Gasteiger partial charge on any atom is 0.400 e. The first-order chi connectivity index (χ1) is 19.8. The summed E-state index contributed by atoms with van der Waals surface area (Å²) in [4.78, 5) is 0. The van der Waals surface area contributed by atoms with Crippen molar-refractivity contribution in [2.45, 2.75) is 57.7 Å². The Kier molecular flexibility index (Phi) is 9.42. The van der Waals surface area contributed by atoms with Gasteiger partial charge in [-0.15, -0.1) is 0 Å². The summed E-state index contributed by atoms with van der Waals surface area (Å²) >= 11 is 0. The van der Waals surface area contributed by atoms with E-state index in [1.807, 2.05) is 0 Å². The second-order valence-corrected chi connectivity index (χ2v) is 9.81. The van der Waals surface area contributed by atoms with E-state index >= 15 is 4.39 Å². The van der Waals surface area contributed by atoms with E-state index in [2.05, 4.69) is 9.47 Å². The zero-order valence-corrected chi connectivity index (χ0v) is 22.0. The number of rotatable bonds is 9. The molecule has 1 fully saturated rings. The van der Waals surface area contributed by atoms with E-state index in [0.717, 1.165) is 12.1 Å². The van der Waals surface area contributed by atoms with Crippen molar-refractivity contribution in [1.29, 1.82) is 0 Å². The maximum absolute atomic E-state index is 15.1. The third-order valence-corrected chi connectivity index (χ3v) is 7.16. The molecule has 4 rings (SSSR count). The molecule has 3 aromatic carbocycles. The molecule has 226 valence electrons. The zero-order valence-electron chi connectivity index (χ0n) is 22.0. The summed E-state index contributed by atoms with van der Waals surface area (Å²) < 4.78 is 148. The van der Waals surface area contributed by atoms with Crippen molar-refractivity contribution < 1.29 is 53.4 Å². The predicted molar refractivity (Wildman–Crippen MR) is 134 cm³/mol. The van der Waals surface area contributed by atoms with Crippen molar-refractivity contribution in [2.75, 3.05) is 0 Å². The van der Waals surface area contributed by atoms with E-state index in [1.54, 1.807) is 0 Å². The quantitative estimate of drug-likeness (QED) is 0.226. The fourth-order valence-corrected chi connectivity index (χ4v) is 5.00. The van der Waals surface area contributed by atoms with Gasteiger partial charge in [0.05, 0.1) is 5.92 Å². The molecule has 42 heavy (non-hydrogen) atoms. The van der Waals surface area contributed by atoms with Gasteiger partial charge in [0.1, 0.15) is 23.2 Å². The monoisotopic (exact) mass is 606 g/mol. The standard InChI is InChI=1S/C30H24F10O2/c1-2-22(31)27(36)17-6-10-21(24(33)12-17)16-5-9-20(23(32)11-16)15-3-7-18(8-4-15)30(39,40)42-19-13-25(34)28(26(35)14-19)41-29(37)38/h5-6,9-15,18,29H,2-4,7-8H2,1H3. The van der Waals surface area contributed by atoms with Crippen LogP contribution in [0, 0.1) is 29.2 Å². The summed E-state index contributed by atoms with van der Waals surface area (Å²) in [7, 11) is 0. The first-order valence-corrected chi connectivity index (χ1v) is 12.9. The lowest BCUT2D eigenvalue weighted by Crippen LogP contribution is -2.37. The van der Waals surface area contributed by atoms with Crippen LogP contribution in [0.2, 0.25) is 0 Å². The molecule has 1 aliphatic carbocycles. The second-order valence-electron chi connectivity index (χ2n) is 9.81. The van der Waals surface area contributed by atoms with E-state index in [4.69, 9.17) is 0 Å². The summed E-state index contributed by atoms with van der Waals surface area (Å²) in [5.74, 6) is -11.3. The molecule has 0 atom stereocenters. The smallest absolute Gasteiger partial charge is 0.400 e. The molecule has 3 aromatic rings. The topological polar surface area (TPSA) is 18.5 Å². The average molecular weight is 607 g/mol. The zero-order chi connectivity index (χ0) is 30.8. The lowest BCUT2D eigenvalue weighted by molar-refractivity contribution is -0.222. The Balaban J connectivity index is 1.43. The number of ether oxygens (including phenoxy) is 2. The molecule has 0 heterocycles. The molecule has 12 heteroatoms. The van der Waals surface area contributed by atoms with Gasteiger partial charge in [-0.05, 0) is 61.3 Å². The van der Waals surface area contributed by atoms with Gasteiger partial charge in [-0.1, -0.05) is 31.2 Å². The fraction of sp³-hybridized carbons (Fsp3) is 0.333. The van der Waals surface area contributed by atoms with Gasteiger partial charge in [-0.25, -0.2) is 26.3 Å². The van der Waals surface area contributed by atoms with Crippen LogP contribution in [0.4, 0.5) is 43.9 Å². The summed E-state index contributed by atoms with van der Waals surface area (Å²) in [5.41, 5.74) is 0.0178. The molecule has 0 aromatic heterocycles. The molecule has 1 saturated carbocycles. The van der Waals surface area contributed by atoms with Crippen molar-refractivity contribution in [3.63, 3.8) is 0 Å². The summed E-state index contributed by atoms with van der Waals surface area (Å²) in [6.45, 7) is -2.13. The van der Waals surface area contributed by atoms with Gasteiger partial charge >= 0.3 is 12.7 Å². The third-order valence-electron chi connectivity index (χ3n) is 7.16. The van der Waals surface area contributed by atoms with E-state index in [0.29, 0.717) is 12.1 Å². The average Bonchev–Trinajstić information content (AvgIpc) is 2.94. The van der Waals surface area contributed by atoms with Gasteiger partial charge in [-0.3, -0.25) is 0 Å². The van der Waals surface area contributed by atoms with Crippen LogP contribution in [0.25, 0.3) is 17.0 Å². The van der Waals surface area contributed by atoms with E-state index < -0.39 is 71.0 Å². The van der Waals surface area contributed by atoms with Crippen LogP contribution in [-0.4, -0.2) is 12.7 Å². The van der Waals surface area contributed by atoms with E-state index in [1.165, 1.54) is 31.2 Å². The number of alkyl halides is 4. The lowest BCUT2D eigenvalue weighted by atomic mass is 9.77. The number of allylic oxidation sites excluding steroid dienone is 1. The van der Waals surface area contributed by atoms with Crippen molar-refractivity contribution in [1.82, 2.24) is 0 Å². The molecular formula is C30H24F10O2. The minimum atomic E-state index is -3.88. The van der Waals surface area contributed by atoms with Gasteiger partial charge < -0.3 is 9.47 Å². The van der Waals surface area contributed by atoms with Crippen LogP contribution >= 0.6 is 0 Å². The maximum atomic E-state index is 15.1. The summed E-state index contributed by atoms with van der Waals surface area (Å²) in [6, 6.07) is 7.71. The number of benzene rings is 3. The van der Waals surface area contributed by atoms with Crippen LogP contribution in [0.1, 0.15) is 56.1 Å². The highest BCUT2D eigenvalue weighted by Crippen LogP contribution is 2.44. The summed E-state index contributed by atoms with van der Waals surface area (Å²) in [5, 5.41) is 0. The van der Waals surface area contributed by atoms with E-state index in [9.17, 15) is 39.5 Å². The number of hydrogen-bond donors (Lipinski definition) is 0. The van der Waals surface area contributed by atoms with E-state index in [-0.39, 0.29) is 54.4 Å². The van der Waals surface area contributed by atoms with Gasteiger partial charge in [0.2, 0.25) is 0 Å². The van der Waals surface area contributed by atoms with Gasteiger partial charge in [0.15, 0.2) is 23.2 Å². The molecule has 2 nitrogen and oxygen atoms in total. The number of hydrogen-bond acceptors (Lipinski definition) is 2. The first-order valence-electron chi connectivity index (χ1n) is 12.9. The highest BCUT2D eigenvalue weighted by atomic mass is 19.3. The van der Waals surface area contributed by atoms with Crippen LogP contribution < -0.4 is 9.47 Å². The Hall–Kier alpha value is -3.70. The lowest BCUT2D eigenvalue weighted by Gasteiger charge is -2.33. The highest BCUT2D eigenvalue weighted by Gasteiger charge is 2.44. The molecule has 0 unspecified atom stereocenters. The van der Waals surface area contributed by atoms with Crippen LogP contribution in [-0.2, 0) is 0 Å². The van der Waals surface area contributed by atoms with Crippen molar-refractivity contribution in [2.24, 2.45) is 5.92 Å². The fourth-order valence-electron chi connectivity index (χ4n) is 5.00. The van der Waals surface area contributed by atoms with Crippen molar-refractivity contribution in [3.8, 4) is 22.6 Å². The van der Waals surface area contributed by atoms with Crippen molar-refractivity contribution >= 4 is 5.83 Å². The Morgan fingerprint density at radius 1 is 0.833 bits per heavy atom. The first kappa shape index (κ1) is 31.2. The molecule has 1 aliphatic rings. The van der Waals surface area contributed by atoms with Crippen LogP contribution in [0.15, 0.2) is 54.4 Å². The summed E-state index contributed by atoms with van der Waals surface area (Å²) in [6.07, 6.45) is -4.14. The SMILES string of the molecule is CCC(F)=C(F)c1ccc(-c2ccc(C3CCC(C(F)(F)Oc4cc(F)c(OC(F)F)c(F)c4)CC3)c(F)c2)c(F)c1. The van der Waals surface area contributed by atoms with Crippen LogP contribution in [0.3, 0.4) is 0 Å². The third kappa shape index (κ3) is 6.84. The van der Waals surface area contributed by atoms with Gasteiger partial charge in [0.25, 0.3) is 0 Å². The molecule has 0 spiro atoms. The molecule has 0 aliphatic heterocycles. The Bertz CT molecular complexity index is 1440. The number of halogens is 10. The molecule has 0 amide bonds. The Labute approximate surface area is 234 Å². The molecule has 0 saturated heterocycles. The minimum Gasteiger partial charge on any atom is -0.432 e. The molecule has 0 bridgehead atoms. The second kappa shape index (κ2) is 12.7. The molecule has 0 N–H and O–H groups in total. The highest BCUT2D eigenvalue weighted by molar-refractivity contribution is 5.69. The molecule has 0 radical (unpaired) electrons. The minimum absolute atomic E-state index is 0.0453. The Morgan fingerprint density at radius 2 is 1.48 bits per heavy atom. The van der Waals surface area contributed by atoms with Crippen molar-refractivity contribution in [3.05, 3.63) is 88.8 Å². The van der Waals surface area contributed by atoms with Gasteiger partial charge in [-0.2, -0.15) is 17.6 Å². The Morgan fingerprint density at radius 3 is 2.02 bits per heavy atom. The normalized spacial score (nSPS) is 18.2. The van der Waals surface area contributed by atoms with Gasteiger partial charge in [0, 0.05) is 23.3 Å².